The highest BCUT2D eigenvalue weighted by atomic mass is 16.6. The van der Waals surface area contributed by atoms with Gasteiger partial charge in [-0.25, -0.2) is 0 Å². The summed E-state index contributed by atoms with van der Waals surface area (Å²) in [5.74, 6) is 2.26. The van der Waals surface area contributed by atoms with Gasteiger partial charge in [-0.05, 0) is 38.5 Å². The lowest BCUT2D eigenvalue weighted by Gasteiger charge is -2.26. The molecule has 0 radical (unpaired) electrons. The van der Waals surface area contributed by atoms with Crippen LogP contribution in [0.15, 0.2) is 28.8 Å². The predicted octanol–water partition coefficient (Wildman–Crippen LogP) is 2.67. The Morgan fingerprint density at radius 3 is 2.59 bits per heavy atom. The van der Waals surface area contributed by atoms with Crippen molar-refractivity contribution in [2.24, 2.45) is 0 Å². The molecule has 1 aliphatic rings. The van der Waals surface area contributed by atoms with Crippen molar-refractivity contribution in [3.63, 3.8) is 0 Å². The van der Waals surface area contributed by atoms with Gasteiger partial charge < -0.3 is 19.3 Å². The Morgan fingerprint density at radius 1 is 1.18 bits per heavy atom. The lowest BCUT2D eigenvalue weighted by Crippen LogP contribution is -2.35. The summed E-state index contributed by atoms with van der Waals surface area (Å²) < 4.78 is 16.0. The van der Waals surface area contributed by atoms with Crippen LogP contribution in [-0.4, -0.2) is 24.3 Å². The average Bonchev–Trinajstić information content (AvgIpc) is 2.91. The van der Waals surface area contributed by atoms with Crippen LogP contribution in [0.4, 0.5) is 5.82 Å². The van der Waals surface area contributed by atoms with Gasteiger partial charge in [-0.2, -0.15) is 0 Å². The zero-order valence-electron chi connectivity index (χ0n) is 12.8. The summed E-state index contributed by atoms with van der Waals surface area (Å²) in [6, 6.07) is 7.24. The van der Waals surface area contributed by atoms with Gasteiger partial charge in [0.2, 0.25) is 5.91 Å². The number of carbonyl (C=O) groups excluding carboxylic acids is 1. The van der Waals surface area contributed by atoms with Gasteiger partial charge in [-0.3, -0.25) is 4.79 Å². The Balaban J connectivity index is 1.83. The van der Waals surface area contributed by atoms with E-state index in [2.05, 4.69) is 10.5 Å². The second kappa shape index (κ2) is 5.36. The van der Waals surface area contributed by atoms with Gasteiger partial charge in [0.1, 0.15) is 19.0 Å². The van der Waals surface area contributed by atoms with Crippen LogP contribution in [0.2, 0.25) is 0 Å². The first-order valence-electron chi connectivity index (χ1n) is 7.12. The van der Waals surface area contributed by atoms with Gasteiger partial charge in [-0.1, -0.05) is 11.2 Å². The zero-order valence-corrected chi connectivity index (χ0v) is 12.8. The number of benzene rings is 1. The molecule has 1 amide bonds. The standard InChI is InChI=1S/C16H18N2O4/c1-10-8-14(18-22-10)17-15(19)16(2,3)11-4-5-12-13(9-11)21-7-6-20-12/h4-5,8-9H,6-7H2,1-3H3,(H,17,18,19). The molecule has 0 atom stereocenters. The highest BCUT2D eigenvalue weighted by Gasteiger charge is 2.31. The molecule has 1 aromatic heterocycles. The Bertz CT molecular complexity index is 706. The second-order valence-electron chi connectivity index (χ2n) is 5.76. The molecule has 0 bridgehead atoms. The number of aromatic nitrogens is 1. The van der Waals surface area contributed by atoms with Crippen molar-refractivity contribution in [1.82, 2.24) is 5.16 Å². The smallest absolute Gasteiger partial charge is 0.235 e. The van der Waals surface area contributed by atoms with E-state index in [1.54, 1.807) is 13.0 Å². The Morgan fingerprint density at radius 2 is 1.91 bits per heavy atom. The number of fused-ring (bicyclic) bond motifs is 1. The second-order valence-corrected chi connectivity index (χ2v) is 5.76. The highest BCUT2D eigenvalue weighted by molar-refractivity contribution is 5.98. The van der Waals surface area contributed by atoms with E-state index >= 15 is 0 Å². The minimum absolute atomic E-state index is 0.169. The first-order chi connectivity index (χ1) is 10.5. The van der Waals surface area contributed by atoms with Gasteiger partial charge in [-0.15, -0.1) is 0 Å². The number of hydrogen-bond acceptors (Lipinski definition) is 5. The van der Waals surface area contributed by atoms with Crippen LogP contribution in [0.3, 0.4) is 0 Å². The molecule has 3 rings (SSSR count). The van der Waals surface area contributed by atoms with Crippen LogP contribution in [0, 0.1) is 6.92 Å². The molecular formula is C16H18N2O4. The minimum Gasteiger partial charge on any atom is -0.486 e. The van der Waals surface area contributed by atoms with Crippen molar-refractivity contribution < 1.29 is 18.8 Å². The van der Waals surface area contributed by atoms with Crippen LogP contribution in [-0.2, 0) is 10.2 Å². The number of anilines is 1. The van der Waals surface area contributed by atoms with Crippen molar-refractivity contribution in [1.29, 1.82) is 0 Å². The van der Waals surface area contributed by atoms with E-state index in [-0.39, 0.29) is 5.91 Å². The topological polar surface area (TPSA) is 73.6 Å². The largest absolute Gasteiger partial charge is 0.486 e. The lowest BCUT2D eigenvalue weighted by atomic mass is 9.83. The number of nitrogens with zero attached hydrogens (tertiary/aromatic N) is 1. The molecular weight excluding hydrogens is 284 g/mol. The third-order valence-electron chi connectivity index (χ3n) is 3.70. The van der Waals surface area contributed by atoms with E-state index in [1.807, 2.05) is 32.0 Å². The maximum Gasteiger partial charge on any atom is 0.235 e. The molecule has 1 aliphatic heterocycles. The SMILES string of the molecule is Cc1cc(NC(=O)C(C)(C)c2ccc3c(c2)OCCO3)no1. The van der Waals surface area contributed by atoms with Gasteiger partial charge >= 0.3 is 0 Å². The Hall–Kier alpha value is -2.50. The summed E-state index contributed by atoms with van der Waals surface area (Å²) in [5, 5.41) is 6.55. The summed E-state index contributed by atoms with van der Waals surface area (Å²) in [6.45, 7) is 6.53. The highest BCUT2D eigenvalue weighted by Crippen LogP contribution is 2.35. The number of ether oxygens (including phenoxy) is 2. The Kier molecular flexibility index (Phi) is 3.52. The van der Waals surface area contributed by atoms with E-state index in [9.17, 15) is 4.79 Å². The molecule has 2 aromatic rings. The monoisotopic (exact) mass is 302 g/mol. The van der Waals surface area contributed by atoms with Gasteiger partial charge in [0.15, 0.2) is 17.3 Å². The average molecular weight is 302 g/mol. The van der Waals surface area contributed by atoms with Gasteiger partial charge in [0.05, 0.1) is 5.41 Å². The van der Waals surface area contributed by atoms with E-state index in [0.29, 0.717) is 36.3 Å². The summed E-state index contributed by atoms with van der Waals surface area (Å²) in [6.07, 6.45) is 0. The number of nitrogens with one attached hydrogen (secondary N) is 1. The number of rotatable bonds is 3. The molecule has 0 saturated heterocycles. The lowest BCUT2D eigenvalue weighted by molar-refractivity contribution is -0.120. The van der Waals surface area contributed by atoms with E-state index in [4.69, 9.17) is 14.0 Å². The van der Waals surface area contributed by atoms with Crippen LogP contribution in [0.5, 0.6) is 11.5 Å². The molecule has 1 aromatic carbocycles. The van der Waals surface area contributed by atoms with Crippen LogP contribution in [0.25, 0.3) is 0 Å². The van der Waals surface area contributed by atoms with Crippen LogP contribution < -0.4 is 14.8 Å². The van der Waals surface area contributed by atoms with Crippen molar-refractivity contribution in [2.75, 3.05) is 18.5 Å². The molecule has 0 aliphatic carbocycles. The fourth-order valence-electron chi connectivity index (χ4n) is 2.26. The van der Waals surface area contributed by atoms with E-state index in [1.165, 1.54) is 0 Å². The first-order valence-corrected chi connectivity index (χ1v) is 7.12. The fourth-order valence-corrected chi connectivity index (χ4v) is 2.26. The van der Waals surface area contributed by atoms with Crippen molar-refractivity contribution in [3.05, 3.63) is 35.6 Å². The van der Waals surface area contributed by atoms with E-state index in [0.717, 1.165) is 5.56 Å². The quantitative estimate of drug-likeness (QED) is 0.943. The molecule has 2 heterocycles. The number of aryl methyl sites for hydroxylation is 1. The molecule has 0 saturated carbocycles. The van der Waals surface area contributed by atoms with Gasteiger partial charge in [0.25, 0.3) is 0 Å². The summed E-state index contributed by atoms with van der Waals surface area (Å²) >= 11 is 0. The first kappa shape index (κ1) is 14.4. The molecule has 1 N–H and O–H groups in total. The third-order valence-corrected chi connectivity index (χ3v) is 3.70. The van der Waals surface area contributed by atoms with Crippen molar-refractivity contribution in [2.45, 2.75) is 26.2 Å². The molecule has 22 heavy (non-hydrogen) atoms. The van der Waals surface area contributed by atoms with Crippen molar-refractivity contribution in [3.8, 4) is 11.5 Å². The molecule has 6 heteroatoms. The third kappa shape index (κ3) is 2.64. The Labute approximate surface area is 128 Å². The zero-order chi connectivity index (χ0) is 15.7. The summed E-state index contributed by atoms with van der Waals surface area (Å²) in [7, 11) is 0. The fraction of sp³-hybridized carbons (Fsp3) is 0.375. The van der Waals surface area contributed by atoms with Crippen LogP contribution in [0.1, 0.15) is 25.2 Å². The number of hydrogen-bond donors (Lipinski definition) is 1. The molecule has 0 spiro atoms. The summed E-state index contributed by atoms with van der Waals surface area (Å²) in [4.78, 5) is 12.5. The minimum atomic E-state index is -0.747. The molecule has 0 fully saturated rings. The van der Waals surface area contributed by atoms with E-state index < -0.39 is 5.41 Å². The summed E-state index contributed by atoms with van der Waals surface area (Å²) in [5.41, 5.74) is 0.0948. The van der Waals surface area contributed by atoms with Gasteiger partial charge in [0, 0.05) is 6.07 Å². The number of carbonyl (C=O) groups is 1. The molecule has 116 valence electrons. The maximum absolute atomic E-state index is 12.5. The van der Waals surface area contributed by atoms with Crippen molar-refractivity contribution >= 4 is 11.7 Å². The molecule has 6 nitrogen and oxygen atoms in total. The van der Waals surface area contributed by atoms with Crippen LogP contribution >= 0.6 is 0 Å². The number of amides is 1. The predicted molar refractivity (Wildman–Crippen MR) is 80.3 cm³/mol. The normalized spacial score (nSPS) is 13.8. The maximum atomic E-state index is 12.5. The molecule has 0 unspecified atom stereocenters.